The van der Waals surface area contributed by atoms with Gasteiger partial charge in [0.1, 0.15) is 22.8 Å². The third-order valence-corrected chi connectivity index (χ3v) is 3.55. The van der Waals surface area contributed by atoms with Crippen molar-refractivity contribution in [3.05, 3.63) is 59.9 Å². The molecule has 0 unspecified atom stereocenters. The number of carbonyl (C=O) groups is 1. The maximum atomic E-state index is 12.3. The van der Waals surface area contributed by atoms with Gasteiger partial charge in [-0.05, 0) is 24.3 Å². The second-order valence-electron chi connectivity index (χ2n) is 5.00. The zero-order chi connectivity index (χ0) is 16.2. The normalized spacial score (nSPS) is 10.5. The lowest BCUT2D eigenvalue weighted by Crippen LogP contribution is -2.23. The zero-order valence-electron chi connectivity index (χ0n) is 13.0. The number of amides is 1. The predicted octanol–water partition coefficient (Wildman–Crippen LogP) is 3.38. The van der Waals surface area contributed by atoms with Gasteiger partial charge >= 0.3 is 0 Å². The SMILES string of the molecule is COc1ccc(C(=O)NCc2cc3ccccc3o2)c(OC)c1. The Morgan fingerprint density at radius 3 is 2.65 bits per heavy atom. The van der Waals surface area contributed by atoms with Crippen molar-refractivity contribution in [2.75, 3.05) is 14.2 Å². The fourth-order valence-corrected chi connectivity index (χ4v) is 2.37. The van der Waals surface area contributed by atoms with Crippen molar-refractivity contribution in [1.82, 2.24) is 5.32 Å². The van der Waals surface area contributed by atoms with Crippen LogP contribution in [0.1, 0.15) is 16.1 Å². The number of nitrogens with one attached hydrogen (secondary N) is 1. The van der Waals surface area contributed by atoms with Crippen LogP contribution < -0.4 is 14.8 Å². The van der Waals surface area contributed by atoms with E-state index in [4.69, 9.17) is 13.9 Å². The lowest BCUT2D eigenvalue weighted by molar-refractivity contribution is 0.0945. The highest BCUT2D eigenvalue weighted by atomic mass is 16.5. The second-order valence-corrected chi connectivity index (χ2v) is 5.00. The molecule has 5 heteroatoms. The third-order valence-electron chi connectivity index (χ3n) is 3.55. The molecule has 0 atom stereocenters. The number of methoxy groups -OCH3 is 2. The molecule has 0 aliphatic heterocycles. The number of para-hydroxylation sites is 1. The standard InChI is InChI=1S/C18H17NO4/c1-21-13-7-8-15(17(10-13)22-2)18(20)19-11-14-9-12-5-3-4-6-16(12)23-14/h3-10H,11H2,1-2H3,(H,19,20). The summed E-state index contributed by atoms with van der Waals surface area (Å²) in [6.07, 6.45) is 0. The van der Waals surface area contributed by atoms with E-state index in [0.717, 1.165) is 11.0 Å². The van der Waals surface area contributed by atoms with E-state index in [-0.39, 0.29) is 5.91 Å². The van der Waals surface area contributed by atoms with E-state index in [0.29, 0.717) is 29.4 Å². The largest absolute Gasteiger partial charge is 0.497 e. The summed E-state index contributed by atoms with van der Waals surface area (Å²) in [5, 5.41) is 3.85. The zero-order valence-corrected chi connectivity index (χ0v) is 13.0. The number of furan rings is 1. The van der Waals surface area contributed by atoms with E-state index < -0.39 is 0 Å². The monoisotopic (exact) mass is 311 g/mol. The molecule has 3 rings (SSSR count). The van der Waals surface area contributed by atoms with Crippen LogP contribution in [-0.4, -0.2) is 20.1 Å². The Hall–Kier alpha value is -2.95. The molecule has 0 bridgehead atoms. The fourth-order valence-electron chi connectivity index (χ4n) is 2.37. The van der Waals surface area contributed by atoms with Gasteiger partial charge in [0.15, 0.2) is 0 Å². The third kappa shape index (κ3) is 3.13. The first-order valence-corrected chi connectivity index (χ1v) is 7.19. The number of hydrogen-bond acceptors (Lipinski definition) is 4. The second kappa shape index (κ2) is 6.44. The number of rotatable bonds is 5. The predicted molar refractivity (Wildman–Crippen MR) is 86.9 cm³/mol. The van der Waals surface area contributed by atoms with Crippen LogP contribution in [0.3, 0.4) is 0 Å². The van der Waals surface area contributed by atoms with Gasteiger partial charge in [-0.3, -0.25) is 4.79 Å². The first kappa shape index (κ1) is 15.0. The van der Waals surface area contributed by atoms with Crippen molar-refractivity contribution in [3.8, 4) is 11.5 Å². The molecule has 1 heterocycles. The number of fused-ring (bicyclic) bond motifs is 1. The topological polar surface area (TPSA) is 60.7 Å². The van der Waals surface area contributed by atoms with E-state index in [9.17, 15) is 4.79 Å². The molecule has 0 fully saturated rings. The van der Waals surface area contributed by atoms with Crippen LogP contribution in [0.15, 0.2) is 52.9 Å². The van der Waals surface area contributed by atoms with Gasteiger partial charge in [-0.15, -0.1) is 0 Å². The van der Waals surface area contributed by atoms with E-state index in [2.05, 4.69) is 5.32 Å². The quantitative estimate of drug-likeness (QED) is 0.784. The number of hydrogen-bond donors (Lipinski definition) is 1. The van der Waals surface area contributed by atoms with Crippen molar-refractivity contribution in [2.24, 2.45) is 0 Å². The molecule has 118 valence electrons. The Balaban J connectivity index is 1.74. The van der Waals surface area contributed by atoms with Crippen molar-refractivity contribution >= 4 is 16.9 Å². The summed E-state index contributed by atoms with van der Waals surface area (Å²) in [6, 6.07) is 14.7. The van der Waals surface area contributed by atoms with Gasteiger partial charge in [0.05, 0.1) is 26.3 Å². The fraction of sp³-hybridized carbons (Fsp3) is 0.167. The van der Waals surface area contributed by atoms with Crippen LogP contribution in [0.2, 0.25) is 0 Å². The van der Waals surface area contributed by atoms with Gasteiger partial charge in [-0.25, -0.2) is 0 Å². The summed E-state index contributed by atoms with van der Waals surface area (Å²) in [5.41, 5.74) is 1.25. The minimum absolute atomic E-state index is 0.232. The Bertz CT molecular complexity index is 805. The molecule has 0 radical (unpaired) electrons. The van der Waals surface area contributed by atoms with E-state index >= 15 is 0 Å². The summed E-state index contributed by atoms with van der Waals surface area (Å²) in [4.78, 5) is 12.3. The Morgan fingerprint density at radius 2 is 1.91 bits per heavy atom. The average molecular weight is 311 g/mol. The smallest absolute Gasteiger partial charge is 0.255 e. The molecule has 23 heavy (non-hydrogen) atoms. The summed E-state index contributed by atoms with van der Waals surface area (Å²) >= 11 is 0. The molecule has 0 saturated carbocycles. The highest BCUT2D eigenvalue weighted by Gasteiger charge is 2.14. The Labute approximate surface area is 133 Å². The minimum atomic E-state index is -0.232. The van der Waals surface area contributed by atoms with Gasteiger partial charge < -0.3 is 19.2 Å². The summed E-state index contributed by atoms with van der Waals surface area (Å²) in [6.45, 7) is 0.308. The van der Waals surface area contributed by atoms with Crippen LogP contribution in [0.25, 0.3) is 11.0 Å². The lowest BCUT2D eigenvalue weighted by atomic mass is 10.1. The van der Waals surface area contributed by atoms with Crippen LogP contribution in [0.5, 0.6) is 11.5 Å². The molecule has 5 nitrogen and oxygen atoms in total. The summed E-state index contributed by atoms with van der Waals surface area (Å²) in [5.74, 6) is 1.57. The summed E-state index contributed by atoms with van der Waals surface area (Å²) < 4.78 is 16.1. The molecule has 1 N–H and O–H groups in total. The molecule has 0 spiro atoms. The minimum Gasteiger partial charge on any atom is -0.497 e. The van der Waals surface area contributed by atoms with E-state index in [1.807, 2.05) is 30.3 Å². The average Bonchev–Trinajstić information content (AvgIpc) is 3.02. The molecule has 1 aromatic heterocycles. The maximum absolute atomic E-state index is 12.3. The summed E-state index contributed by atoms with van der Waals surface area (Å²) in [7, 11) is 3.08. The van der Waals surface area contributed by atoms with Crippen molar-refractivity contribution < 1.29 is 18.7 Å². The molecule has 1 amide bonds. The van der Waals surface area contributed by atoms with E-state index in [1.54, 1.807) is 25.3 Å². The molecule has 2 aromatic carbocycles. The van der Waals surface area contributed by atoms with Crippen molar-refractivity contribution in [2.45, 2.75) is 6.54 Å². The van der Waals surface area contributed by atoms with Crippen LogP contribution >= 0.6 is 0 Å². The molecular weight excluding hydrogens is 294 g/mol. The highest BCUT2D eigenvalue weighted by Crippen LogP contribution is 2.24. The van der Waals surface area contributed by atoms with Crippen molar-refractivity contribution in [1.29, 1.82) is 0 Å². The van der Waals surface area contributed by atoms with Crippen LogP contribution in [0.4, 0.5) is 0 Å². The van der Waals surface area contributed by atoms with Gasteiger partial charge in [0.2, 0.25) is 0 Å². The maximum Gasteiger partial charge on any atom is 0.255 e. The molecule has 0 aliphatic rings. The van der Waals surface area contributed by atoms with Gasteiger partial charge in [0, 0.05) is 11.5 Å². The van der Waals surface area contributed by atoms with Crippen LogP contribution in [0, 0.1) is 0 Å². The number of benzene rings is 2. The first-order chi connectivity index (χ1) is 11.2. The Kier molecular flexibility index (Phi) is 4.19. The highest BCUT2D eigenvalue weighted by molar-refractivity contribution is 5.97. The molecule has 0 aliphatic carbocycles. The van der Waals surface area contributed by atoms with Gasteiger partial charge in [-0.2, -0.15) is 0 Å². The van der Waals surface area contributed by atoms with Gasteiger partial charge in [-0.1, -0.05) is 18.2 Å². The van der Waals surface area contributed by atoms with Crippen LogP contribution in [-0.2, 0) is 6.54 Å². The number of ether oxygens (including phenoxy) is 2. The molecule has 0 saturated heterocycles. The Morgan fingerprint density at radius 1 is 1.09 bits per heavy atom. The molecular formula is C18H17NO4. The van der Waals surface area contributed by atoms with Gasteiger partial charge in [0.25, 0.3) is 5.91 Å². The van der Waals surface area contributed by atoms with E-state index in [1.165, 1.54) is 7.11 Å². The number of carbonyl (C=O) groups excluding carboxylic acids is 1. The first-order valence-electron chi connectivity index (χ1n) is 7.19. The van der Waals surface area contributed by atoms with Crippen molar-refractivity contribution in [3.63, 3.8) is 0 Å². The molecule has 3 aromatic rings. The lowest BCUT2D eigenvalue weighted by Gasteiger charge is -2.10.